The first kappa shape index (κ1) is 20.6. The molecule has 0 spiro atoms. The van der Waals surface area contributed by atoms with Crippen molar-refractivity contribution in [3.63, 3.8) is 0 Å². The predicted molar refractivity (Wildman–Crippen MR) is 108 cm³/mol. The van der Waals surface area contributed by atoms with Gasteiger partial charge in [-0.15, -0.1) is 0 Å². The minimum absolute atomic E-state index is 0.0213. The zero-order chi connectivity index (χ0) is 19.8. The summed E-state index contributed by atoms with van der Waals surface area (Å²) in [5.74, 6) is -1.12. The second-order valence-electron chi connectivity index (χ2n) is 7.53. The van der Waals surface area contributed by atoms with E-state index in [4.69, 9.17) is 4.74 Å². The molecule has 1 aromatic heterocycles. The Balaban J connectivity index is 1.49. The number of aryl methyl sites for hydroxylation is 1. The van der Waals surface area contributed by atoms with Gasteiger partial charge in [0.1, 0.15) is 0 Å². The monoisotopic (exact) mass is 388 g/mol. The van der Waals surface area contributed by atoms with Crippen molar-refractivity contribution in [3.8, 4) is 0 Å². The van der Waals surface area contributed by atoms with Crippen LogP contribution in [0.2, 0.25) is 0 Å². The fourth-order valence-corrected chi connectivity index (χ4v) is 3.95. The van der Waals surface area contributed by atoms with E-state index in [0.717, 1.165) is 38.0 Å². The highest BCUT2D eigenvalue weighted by Gasteiger charge is 2.25. The van der Waals surface area contributed by atoms with Gasteiger partial charge in [-0.2, -0.15) is 0 Å². The first-order valence-corrected chi connectivity index (χ1v) is 10.3. The van der Waals surface area contributed by atoms with E-state index in [1.165, 1.54) is 18.4 Å². The van der Waals surface area contributed by atoms with Crippen LogP contribution in [0.5, 0.6) is 0 Å². The highest BCUT2D eigenvalue weighted by molar-refractivity contribution is 6.35. The van der Waals surface area contributed by atoms with E-state index in [1.807, 2.05) is 19.3 Å². The van der Waals surface area contributed by atoms with Crippen LogP contribution in [-0.4, -0.2) is 60.7 Å². The van der Waals surface area contributed by atoms with E-state index in [0.29, 0.717) is 26.3 Å². The molecule has 1 aliphatic carbocycles. The number of aromatic nitrogens is 1. The van der Waals surface area contributed by atoms with Crippen molar-refractivity contribution in [2.75, 3.05) is 39.4 Å². The smallest absolute Gasteiger partial charge is 0.309 e. The number of hydrogen-bond donors (Lipinski definition) is 2. The molecule has 1 saturated heterocycles. The van der Waals surface area contributed by atoms with Crippen LogP contribution in [0.1, 0.15) is 43.8 Å². The minimum atomic E-state index is -0.565. The molecule has 0 aromatic carbocycles. The molecule has 0 unspecified atom stereocenters. The lowest BCUT2D eigenvalue weighted by Crippen LogP contribution is -2.47. The summed E-state index contributed by atoms with van der Waals surface area (Å²) in [6, 6.07) is 4.08. The lowest BCUT2D eigenvalue weighted by atomic mass is 9.97. The fraction of sp³-hybridized carbons (Fsp3) is 0.619. The van der Waals surface area contributed by atoms with Crippen LogP contribution in [0.3, 0.4) is 0 Å². The van der Waals surface area contributed by atoms with Crippen LogP contribution >= 0.6 is 0 Å². The first-order chi connectivity index (χ1) is 13.6. The average molecular weight is 389 g/mol. The quantitative estimate of drug-likeness (QED) is 0.549. The molecule has 1 atom stereocenters. The molecule has 28 heavy (non-hydrogen) atoms. The molecule has 1 aromatic rings. The van der Waals surface area contributed by atoms with Crippen LogP contribution in [0, 0.1) is 0 Å². The minimum Gasteiger partial charge on any atom is -0.379 e. The van der Waals surface area contributed by atoms with Gasteiger partial charge in [0.25, 0.3) is 0 Å². The van der Waals surface area contributed by atoms with Crippen molar-refractivity contribution in [3.05, 3.63) is 35.7 Å². The van der Waals surface area contributed by atoms with E-state index in [9.17, 15) is 9.59 Å². The summed E-state index contributed by atoms with van der Waals surface area (Å²) in [4.78, 5) is 26.7. The van der Waals surface area contributed by atoms with Crippen molar-refractivity contribution >= 4 is 11.8 Å². The summed E-state index contributed by atoms with van der Waals surface area (Å²) in [5, 5.41) is 5.57. The van der Waals surface area contributed by atoms with Gasteiger partial charge in [-0.05, 0) is 44.2 Å². The Labute approximate surface area is 167 Å². The van der Waals surface area contributed by atoms with Gasteiger partial charge in [-0.3, -0.25) is 14.5 Å². The highest BCUT2D eigenvalue weighted by Crippen LogP contribution is 2.21. The maximum absolute atomic E-state index is 12.3. The zero-order valence-electron chi connectivity index (χ0n) is 16.8. The molecular weight excluding hydrogens is 356 g/mol. The molecule has 0 saturated carbocycles. The van der Waals surface area contributed by atoms with Crippen LogP contribution in [0.15, 0.2) is 30.0 Å². The number of carbonyl (C=O) groups excluding carboxylic acids is 2. The molecule has 2 N–H and O–H groups in total. The van der Waals surface area contributed by atoms with Crippen LogP contribution in [0.25, 0.3) is 0 Å². The Morgan fingerprint density at radius 1 is 1.18 bits per heavy atom. The van der Waals surface area contributed by atoms with E-state index < -0.39 is 11.8 Å². The van der Waals surface area contributed by atoms with Gasteiger partial charge in [0.15, 0.2) is 0 Å². The summed E-state index contributed by atoms with van der Waals surface area (Å²) >= 11 is 0. The normalized spacial score (nSPS) is 19.0. The van der Waals surface area contributed by atoms with Crippen molar-refractivity contribution in [2.24, 2.45) is 7.05 Å². The second kappa shape index (κ2) is 10.4. The highest BCUT2D eigenvalue weighted by atomic mass is 16.5. The molecule has 1 fully saturated rings. The molecule has 2 amide bonds. The van der Waals surface area contributed by atoms with Gasteiger partial charge in [0, 0.05) is 45.1 Å². The summed E-state index contributed by atoms with van der Waals surface area (Å²) in [7, 11) is 2.00. The number of morpholine rings is 1. The number of carbonyl (C=O) groups is 2. The van der Waals surface area contributed by atoms with E-state index in [2.05, 4.69) is 32.2 Å². The molecule has 2 aliphatic rings. The van der Waals surface area contributed by atoms with E-state index >= 15 is 0 Å². The van der Waals surface area contributed by atoms with Gasteiger partial charge < -0.3 is 19.9 Å². The third-order valence-corrected chi connectivity index (χ3v) is 5.59. The van der Waals surface area contributed by atoms with Gasteiger partial charge in [0.2, 0.25) is 0 Å². The van der Waals surface area contributed by atoms with Crippen molar-refractivity contribution in [1.29, 1.82) is 0 Å². The topological polar surface area (TPSA) is 75.6 Å². The summed E-state index contributed by atoms with van der Waals surface area (Å²) < 4.78 is 7.51. The van der Waals surface area contributed by atoms with Crippen LogP contribution in [-0.2, 0) is 21.4 Å². The summed E-state index contributed by atoms with van der Waals surface area (Å²) in [5.41, 5.74) is 2.51. The molecule has 7 heteroatoms. The number of amides is 2. The Kier molecular flexibility index (Phi) is 7.68. The molecule has 0 radical (unpaired) electrons. The Hall–Kier alpha value is -2.12. The zero-order valence-corrected chi connectivity index (χ0v) is 16.8. The SMILES string of the molecule is Cn1cccc1[C@@H](CNC(=O)C(=O)NCCC1=CCCCC1)N1CCOCC1. The first-order valence-electron chi connectivity index (χ1n) is 10.3. The largest absolute Gasteiger partial charge is 0.379 e. The molecule has 2 heterocycles. The standard InChI is InChI=1S/C21H32N4O3/c1-24-11-5-8-18(24)19(25-12-14-28-15-13-25)16-23-21(27)20(26)22-10-9-17-6-3-2-4-7-17/h5-6,8,11,19H,2-4,7,9-10,12-16H2,1H3,(H,22,26)(H,23,27)/t19-/m1/s1. The number of ether oxygens (including phenoxy) is 1. The summed E-state index contributed by atoms with van der Waals surface area (Å²) in [6.07, 6.45) is 9.82. The van der Waals surface area contributed by atoms with Crippen molar-refractivity contribution in [2.45, 2.75) is 38.1 Å². The van der Waals surface area contributed by atoms with Crippen molar-refractivity contribution < 1.29 is 14.3 Å². The summed E-state index contributed by atoms with van der Waals surface area (Å²) in [6.45, 7) is 3.91. The maximum atomic E-state index is 12.3. The van der Waals surface area contributed by atoms with E-state index in [1.54, 1.807) is 0 Å². The Morgan fingerprint density at radius 3 is 2.64 bits per heavy atom. The molecule has 3 rings (SSSR count). The second-order valence-corrected chi connectivity index (χ2v) is 7.53. The molecule has 154 valence electrons. The molecule has 1 aliphatic heterocycles. The maximum Gasteiger partial charge on any atom is 0.309 e. The van der Waals surface area contributed by atoms with Gasteiger partial charge >= 0.3 is 11.8 Å². The number of allylic oxidation sites excluding steroid dienone is 1. The molecule has 0 bridgehead atoms. The van der Waals surface area contributed by atoms with Crippen molar-refractivity contribution in [1.82, 2.24) is 20.1 Å². The third kappa shape index (κ3) is 5.69. The lowest BCUT2D eigenvalue weighted by Gasteiger charge is -2.34. The van der Waals surface area contributed by atoms with Crippen LogP contribution in [0.4, 0.5) is 0 Å². The average Bonchev–Trinajstić information content (AvgIpc) is 3.15. The number of nitrogens with zero attached hydrogens (tertiary/aromatic N) is 2. The van der Waals surface area contributed by atoms with Gasteiger partial charge in [-0.25, -0.2) is 0 Å². The number of nitrogens with one attached hydrogen (secondary N) is 2. The van der Waals surface area contributed by atoms with Gasteiger partial charge in [-0.1, -0.05) is 11.6 Å². The third-order valence-electron chi connectivity index (χ3n) is 5.59. The van der Waals surface area contributed by atoms with Gasteiger partial charge in [0.05, 0.1) is 19.3 Å². The number of rotatable bonds is 7. The molecular formula is C21H32N4O3. The number of hydrogen-bond acceptors (Lipinski definition) is 4. The van der Waals surface area contributed by atoms with Crippen LogP contribution < -0.4 is 10.6 Å². The van der Waals surface area contributed by atoms with E-state index in [-0.39, 0.29) is 6.04 Å². The fourth-order valence-electron chi connectivity index (χ4n) is 3.95. The Morgan fingerprint density at radius 2 is 1.96 bits per heavy atom. The predicted octanol–water partition coefficient (Wildman–Crippen LogP) is 1.52. The Bertz CT molecular complexity index is 692. The molecule has 7 nitrogen and oxygen atoms in total. The lowest BCUT2D eigenvalue weighted by molar-refractivity contribution is -0.139.